The number of aliphatic hydroxyl groups is 2. The molecule has 0 bridgehead atoms. The Morgan fingerprint density at radius 3 is 2.57 bits per heavy atom. The van der Waals surface area contributed by atoms with Crippen LogP contribution in [0.4, 0.5) is 0 Å². The van der Waals surface area contributed by atoms with Gasteiger partial charge in [0.25, 0.3) is 0 Å². The summed E-state index contributed by atoms with van der Waals surface area (Å²) in [7, 11) is 0. The Balaban J connectivity index is 1.72. The molecule has 2 N–H and O–H groups in total. The van der Waals surface area contributed by atoms with Gasteiger partial charge >= 0.3 is 0 Å². The van der Waals surface area contributed by atoms with Crippen molar-refractivity contribution in [3.8, 4) is 0 Å². The summed E-state index contributed by atoms with van der Waals surface area (Å²) in [5, 5.41) is 21.2. The molecule has 0 spiro atoms. The van der Waals surface area contributed by atoms with Gasteiger partial charge in [0.2, 0.25) is 0 Å². The summed E-state index contributed by atoms with van der Waals surface area (Å²) in [5.41, 5.74) is -0.126. The normalized spacial score (nSPS) is 59.2. The van der Waals surface area contributed by atoms with Gasteiger partial charge in [-0.3, -0.25) is 4.79 Å². The highest BCUT2D eigenvalue weighted by molar-refractivity contribution is 9.10. The Bertz CT molecular complexity index is 537. The van der Waals surface area contributed by atoms with Crippen molar-refractivity contribution in [1.82, 2.24) is 0 Å². The average Bonchev–Trinajstić information content (AvgIpc) is 2.79. The van der Waals surface area contributed by atoms with E-state index in [0.717, 1.165) is 44.9 Å². The fourth-order valence-electron chi connectivity index (χ4n) is 6.99. The summed E-state index contributed by atoms with van der Waals surface area (Å²) in [5.74, 6) is 1.92. The first-order valence-corrected chi connectivity index (χ1v) is 10.1. The van der Waals surface area contributed by atoms with E-state index in [9.17, 15) is 15.0 Å². The van der Waals surface area contributed by atoms with Gasteiger partial charge in [0.15, 0.2) is 0 Å². The zero-order valence-corrected chi connectivity index (χ0v) is 15.8. The molecule has 4 fully saturated rings. The fraction of sp³-hybridized carbons (Fsp3) is 0.947. The van der Waals surface area contributed by atoms with Gasteiger partial charge in [-0.05, 0) is 68.1 Å². The molecule has 0 radical (unpaired) electrons. The van der Waals surface area contributed by atoms with Gasteiger partial charge in [0.1, 0.15) is 5.78 Å². The molecular weight excluding hydrogens is 356 g/mol. The highest BCUT2D eigenvalue weighted by atomic mass is 79.9. The number of ketones is 1. The molecule has 4 rings (SSSR count). The van der Waals surface area contributed by atoms with Crippen molar-refractivity contribution in [2.45, 2.75) is 81.7 Å². The van der Waals surface area contributed by atoms with Crippen LogP contribution in [0, 0.1) is 28.6 Å². The zero-order chi connectivity index (χ0) is 16.6. The van der Waals surface area contributed by atoms with Crippen molar-refractivity contribution in [2.75, 3.05) is 0 Å². The lowest BCUT2D eigenvalue weighted by Gasteiger charge is -2.64. The van der Waals surface area contributed by atoms with Crippen molar-refractivity contribution in [2.24, 2.45) is 28.6 Å². The second-order valence-electron chi connectivity index (χ2n) is 9.22. The highest BCUT2D eigenvalue weighted by Gasteiger charge is 2.66. The third-order valence-electron chi connectivity index (χ3n) is 8.47. The minimum Gasteiger partial charge on any atom is -0.393 e. The molecule has 8 atom stereocenters. The molecule has 3 nitrogen and oxygen atoms in total. The first kappa shape index (κ1) is 16.5. The van der Waals surface area contributed by atoms with E-state index in [-0.39, 0.29) is 21.3 Å². The van der Waals surface area contributed by atoms with Gasteiger partial charge in [-0.1, -0.05) is 29.8 Å². The number of carbonyl (C=O) groups excluding carboxylic acids is 1. The maximum atomic E-state index is 12.5. The van der Waals surface area contributed by atoms with E-state index in [0.29, 0.717) is 30.0 Å². The standard InChI is InChI=1S/C19H29BrO3/c1-17-7-6-14-12(13(17)3-4-15(17)22)9-16(23)19(20)10-11(21)5-8-18(14,19)2/h11-14,16,21,23H,3-10H2,1-2H3/t11-,12?,13?,14?,16+,17-,18+,19-/m0/s1. The van der Waals surface area contributed by atoms with Crippen LogP contribution in [0.1, 0.15) is 65.2 Å². The molecule has 0 heterocycles. The summed E-state index contributed by atoms with van der Waals surface area (Å²) in [4.78, 5) is 12.5. The number of hydrogen-bond donors (Lipinski definition) is 2. The van der Waals surface area contributed by atoms with Crippen LogP contribution in [0.15, 0.2) is 0 Å². The van der Waals surface area contributed by atoms with Crippen molar-refractivity contribution in [3.05, 3.63) is 0 Å². The number of alkyl halides is 1. The summed E-state index contributed by atoms with van der Waals surface area (Å²) < 4.78 is -0.366. The lowest BCUT2D eigenvalue weighted by atomic mass is 9.44. The van der Waals surface area contributed by atoms with E-state index in [1.54, 1.807) is 0 Å². The lowest BCUT2D eigenvalue weighted by Crippen LogP contribution is -2.65. The third kappa shape index (κ3) is 1.98. The highest BCUT2D eigenvalue weighted by Crippen LogP contribution is 2.68. The zero-order valence-electron chi connectivity index (χ0n) is 14.2. The van der Waals surface area contributed by atoms with Crippen LogP contribution in [0.25, 0.3) is 0 Å². The lowest BCUT2D eigenvalue weighted by molar-refractivity contribution is -0.155. The fourth-order valence-corrected chi connectivity index (χ4v) is 8.04. The van der Waals surface area contributed by atoms with Gasteiger partial charge in [0.05, 0.1) is 16.5 Å². The van der Waals surface area contributed by atoms with Gasteiger partial charge in [-0.2, -0.15) is 0 Å². The van der Waals surface area contributed by atoms with Gasteiger partial charge in [-0.25, -0.2) is 0 Å². The first-order chi connectivity index (χ1) is 10.7. The monoisotopic (exact) mass is 384 g/mol. The molecule has 0 aromatic carbocycles. The van der Waals surface area contributed by atoms with E-state index in [2.05, 4.69) is 29.8 Å². The van der Waals surface area contributed by atoms with Crippen LogP contribution in [0.2, 0.25) is 0 Å². The Morgan fingerprint density at radius 1 is 1.09 bits per heavy atom. The number of halogens is 1. The van der Waals surface area contributed by atoms with E-state index < -0.39 is 6.10 Å². The van der Waals surface area contributed by atoms with Crippen LogP contribution in [-0.4, -0.2) is 32.5 Å². The minimum absolute atomic E-state index is 0.0154. The Kier molecular flexibility index (Phi) is 3.63. The maximum Gasteiger partial charge on any atom is 0.139 e. The molecule has 0 aromatic rings. The number of Topliss-reactive ketones (excluding diaryl/α,β-unsaturated/α-hetero) is 1. The van der Waals surface area contributed by atoms with Gasteiger partial charge in [0, 0.05) is 11.8 Å². The van der Waals surface area contributed by atoms with Crippen LogP contribution >= 0.6 is 15.9 Å². The smallest absolute Gasteiger partial charge is 0.139 e. The quantitative estimate of drug-likeness (QED) is 0.628. The summed E-state index contributed by atoms with van der Waals surface area (Å²) >= 11 is 3.92. The number of hydrogen-bond acceptors (Lipinski definition) is 3. The van der Waals surface area contributed by atoms with Crippen molar-refractivity contribution in [3.63, 3.8) is 0 Å². The number of carbonyl (C=O) groups is 1. The van der Waals surface area contributed by atoms with E-state index in [4.69, 9.17) is 0 Å². The molecule has 4 heteroatoms. The molecule has 130 valence electrons. The van der Waals surface area contributed by atoms with Crippen LogP contribution in [0.3, 0.4) is 0 Å². The summed E-state index contributed by atoms with van der Waals surface area (Å²) in [6, 6.07) is 0. The predicted molar refractivity (Wildman–Crippen MR) is 92.3 cm³/mol. The summed E-state index contributed by atoms with van der Waals surface area (Å²) in [6.45, 7) is 4.51. The number of aliphatic hydroxyl groups excluding tert-OH is 2. The molecule has 4 aliphatic rings. The summed E-state index contributed by atoms with van der Waals surface area (Å²) in [6.07, 6.45) is 6.34. The molecule has 4 saturated carbocycles. The first-order valence-electron chi connectivity index (χ1n) is 9.31. The van der Waals surface area contributed by atoms with Crippen molar-refractivity contribution < 1.29 is 15.0 Å². The topological polar surface area (TPSA) is 57.5 Å². The SMILES string of the molecule is C[C@]12CCC3C(C[C@@H](O)[C@@]4(Br)C[C@@H](O)CC[C@]34C)C1CCC2=O. The largest absolute Gasteiger partial charge is 0.393 e. The van der Waals surface area contributed by atoms with Crippen LogP contribution < -0.4 is 0 Å². The Labute approximate surface area is 147 Å². The van der Waals surface area contributed by atoms with E-state index >= 15 is 0 Å². The van der Waals surface area contributed by atoms with Gasteiger partial charge < -0.3 is 10.2 Å². The maximum absolute atomic E-state index is 12.5. The minimum atomic E-state index is -0.429. The second kappa shape index (κ2) is 5.04. The molecule has 4 aliphatic carbocycles. The third-order valence-corrected chi connectivity index (χ3v) is 10.2. The van der Waals surface area contributed by atoms with Crippen molar-refractivity contribution in [1.29, 1.82) is 0 Å². The predicted octanol–water partition coefficient (Wildman–Crippen LogP) is 3.45. The molecule has 3 unspecified atom stereocenters. The Morgan fingerprint density at radius 2 is 1.83 bits per heavy atom. The van der Waals surface area contributed by atoms with Crippen LogP contribution in [0.5, 0.6) is 0 Å². The number of rotatable bonds is 0. The molecule has 0 aromatic heterocycles. The molecule has 0 aliphatic heterocycles. The van der Waals surface area contributed by atoms with Crippen LogP contribution in [-0.2, 0) is 4.79 Å². The average molecular weight is 385 g/mol. The number of fused-ring (bicyclic) bond motifs is 5. The van der Waals surface area contributed by atoms with Gasteiger partial charge in [-0.15, -0.1) is 0 Å². The van der Waals surface area contributed by atoms with E-state index in [1.165, 1.54) is 0 Å². The molecule has 23 heavy (non-hydrogen) atoms. The molecule has 0 amide bonds. The molecule has 0 saturated heterocycles. The van der Waals surface area contributed by atoms with Crippen molar-refractivity contribution >= 4 is 21.7 Å². The Hall–Kier alpha value is 0.0700. The molecular formula is C19H29BrO3. The second-order valence-corrected chi connectivity index (χ2v) is 10.6. The van der Waals surface area contributed by atoms with E-state index in [1.807, 2.05) is 0 Å².